The average molecular weight is 430 g/mol. The third-order valence-electron chi connectivity index (χ3n) is 5.08. The number of amides is 2. The third-order valence-corrected chi connectivity index (χ3v) is 6.42. The van der Waals surface area contributed by atoms with Gasteiger partial charge in [-0.3, -0.25) is 10.2 Å². The van der Waals surface area contributed by atoms with Crippen LogP contribution in [0, 0.1) is 6.92 Å². The van der Waals surface area contributed by atoms with Gasteiger partial charge in [-0.15, -0.1) is 11.3 Å². The maximum Gasteiger partial charge on any atom is 0.426 e. The Bertz CT molecular complexity index is 1020. The number of carbonyl (C=O) groups is 2. The van der Waals surface area contributed by atoms with Crippen molar-refractivity contribution in [2.45, 2.75) is 25.2 Å². The Morgan fingerprint density at radius 3 is 2.52 bits per heavy atom. The molecule has 0 spiro atoms. The zero-order valence-electron chi connectivity index (χ0n) is 15.8. The molecular weight excluding hydrogens is 410 g/mol. The summed E-state index contributed by atoms with van der Waals surface area (Å²) in [5.74, 6) is -0.386. The van der Waals surface area contributed by atoms with Gasteiger partial charge in [0.25, 0.3) is 5.91 Å². The molecule has 4 rings (SSSR count). The molecule has 2 N–H and O–H groups in total. The lowest BCUT2D eigenvalue weighted by atomic mass is 9.97. The van der Waals surface area contributed by atoms with E-state index in [4.69, 9.17) is 16.3 Å². The summed E-state index contributed by atoms with van der Waals surface area (Å²) >= 11 is 7.26. The van der Waals surface area contributed by atoms with Crippen molar-refractivity contribution in [2.24, 2.45) is 0 Å². The summed E-state index contributed by atoms with van der Waals surface area (Å²) in [6, 6.07) is 11.4. The molecule has 0 unspecified atom stereocenters. The minimum Gasteiger partial charge on any atom is -0.447 e. The molecule has 1 aromatic carbocycles. The van der Waals surface area contributed by atoms with Gasteiger partial charge in [-0.05, 0) is 60.5 Å². The van der Waals surface area contributed by atoms with E-state index in [-0.39, 0.29) is 17.9 Å². The molecule has 0 radical (unpaired) electrons. The molecule has 1 aliphatic rings. The lowest BCUT2D eigenvalue weighted by Gasteiger charge is -2.16. The van der Waals surface area contributed by atoms with Crippen LogP contribution in [-0.2, 0) is 10.2 Å². The highest BCUT2D eigenvalue weighted by atomic mass is 35.5. The molecule has 1 fully saturated rings. The van der Waals surface area contributed by atoms with E-state index < -0.39 is 6.09 Å². The van der Waals surface area contributed by atoms with Gasteiger partial charge in [0.2, 0.25) is 0 Å². The molecule has 2 heterocycles. The Labute approximate surface area is 177 Å². The van der Waals surface area contributed by atoms with Gasteiger partial charge in [-0.2, -0.15) is 0 Å². The minimum absolute atomic E-state index is 0.154. The van der Waals surface area contributed by atoms with Gasteiger partial charge in [-0.1, -0.05) is 23.7 Å². The molecule has 0 aliphatic heterocycles. The fourth-order valence-corrected chi connectivity index (χ4v) is 4.35. The van der Waals surface area contributed by atoms with E-state index in [1.807, 2.05) is 65.7 Å². The molecule has 150 valence electrons. The molecule has 8 heteroatoms. The summed E-state index contributed by atoms with van der Waals surface area (Å²) in [5, 5.41) is 2.58. The number of aromatic nitrogens is 1. The second-order valence-electron chi connectivity index (χ2n) is 7.13. The predicted octanol–water partition coefficient (Wildman–Crippen LogP) is 4.60. The fraction of sp³-hybridized carbons (Fsp3) is 0.238. The average Bonchev–Trinajstić information content (AvgIpc) is 3.12. The number of hydrazine groups is 1. The summed E-state index contributed by atoms with van der Waals surface area (Å²) in [6.45, 7) is 2.19. The van der Waals surface area contributed by atoms with Gasteiger partial charge in [0, 0.05) is 22.8 Å². The predicted molar refractivity (Wildman–Crippen MR) is 113 cm³/mol. The maximum atomic E-state index is 12.5. The Hall–Kier alpha value is -2.77. The third kappa shape index (κ3) is 4.16. The largest absolute Gasteiger partial charge is 0.447 e. The molecule has 6 nitrogen and oxygen atoms in total. The number of nitrogens with one attached hydrogen (secondary N) is 2. The van der Waals surface area contributed by atoms with Gasteiger partial charge in [0.1, 0.15) is 11.5 Å². The summed E-state index contributed by atoms with van der Waals surface area (Å²) < 4.78 is 7.23. The lowest BCUT2D eigenvalue weighted by Crippen LogP contribution is -2.42. The molecule has 0 bridgehead atoms. The van der Waals surface area contributed by atoms with Crippen molar-refractivity contribution in [1.82, 2.24) is 15.4 Å². The first-order valence-electron chi connectivity index (χ1n) is 9.19. The standard InChI is InChI=1S/C21H20ClN3O3S/c1-14-12-29-18(17(14)25-10-2-3-11-25)19(26)23-24-20(27)28-13-21(8-9-21)15-4-6-16(22)7-5-15/h2-7,10-12H,8-9,13H2,1H3,(H,23,26)(H,24,27). The molecule has 1 saturated carbocycles. The molecule has 2 aromatic heterocycles. The second kappa shape index (κ2) is 7.93. The van der Waals surface area contributed by atoms with Crippen molar-refractivity contribution in [3.8, 4) is 5.69 Å². The first-order chi connectivity index (χ1) is 14.0. The molecule has 1 aliphatic carbocycles. The van der Waals surface area contributed by atoms with Crippen LogP contribution in [0.2, 0.25) is 5.02 Å². The number of benzene rings is 1. The molecule has 2 amide bonds. The summed E-state index contributed by atoms with van der Waals surface area (Å²) in [4.78, 5) is 25.1. The zero-order chi connectivity index (χ0) is 20.4. The van der Waals surface area contributed by atoms with E-state index in [1.165, 1.54) is 11.3 Å². The zero-order valence-corrected chi connectivity index (χ0v) is 17.3. The van der Waals surface area contributed by atoms with Gasteiger partial charge in [0.05, 0.1) is 5.69 Å². The van der Waals surface area contributed by atoms with Crippen LogP contribution < -0.4 is 10.9 Å². The van der Waals surface area contributed by atoms with Crippen LogP contribution in [0.3, 0.4) is 0 Å². The monoisotopic (exact) mass is 429 g/mol. The normalized spacial score (nSPS) is 14.3. The highest BCUT2D eigenvalue weighted by molar-refractivity contribution is 7.12. The molecular formula is C21H20ClN3O3S. The number of hydrogen-bond acceptors (Lipinski definition) is 4. The van der Waals surface area contributed by atoms with Gasteiger partial charge >= 0.3 is 6.09 Å². The number of rotatable bonds is 5. The number of ether oxygens (including phenoxy) is 1. The molecule has 0 saturated heterocycles. The smallest absolute Gasteiger partial charge is 0.426 e. The molecule has 29 heavy (non-hydrogen) atoms. The number of nitrogens with zero attached hydrogens (tertiary/aromatic N) is 1. The van der Waals surface area contributed by atoms with Crippen molar-refractivity contribution in [3.63, 3.8) is 0 Å². The number of hydrogen-bond donors (Lipinski definition) is 2. The van der Waals surface area contributed by atoms with Crippen molar-refractivity contribution >= 4 is 34.9 Å². The number of aryl methyl sites for hydroxylation is 1. The quantitative estimate of drug-likeness (QED) is 0.582. The van der Waals surface area contributed by atoms with Gasteiger partial charge in [0.15, 0.2) is 0 Å². The van der Waals surface area contributed by atoms with Crippen LogP contribution in [0.15, 0.2) is 54.2 Å². The van der Waals surface area contributed by atoms with Crippen molar-refractivity contribution < 1.29 is 14.3 Å². The summed E-state index contributed by atoms with van der Waals surface area (Å²) in [7, 11) is 0. The first-order valence-corrected chi connectivity index (χ1v) is 10.4. The lowest BCUT2D eigenvalue weighted by molar-refractivity contribution is 0.0906. The van der Waals surface area contributed by atoms with E-state index in [9.17, 15) is 9.59 Å². The highest BCUT2D eigenvalue weighted by Crippen LogP contribution is 2.48. The van der Waals surface area contributed by atoms with Crippen LogP contribution in [0.1, 0.15) is 33.6 Å². The first kappa shape index (κ1) is 19.5. The Morgan fingerprint density at radius 2 is 1.86 bits per heavy atom. The van der Waals surface area contributed by atoms with E-state index >= 15 is 0 Å². The van der Waals surface area contributed by atoms with Crippen molar-refractivity contribution in [3.05, 3.63) is 75.2 Å². The van der Waals surface area contributed by atoms with Gasteiger partial charge in [-0.25, -0.2) is 10.2 Å². The van der Waals surface area contributed by atoms with Crippen LogP contribution in [0.5, 0.6) is 0 Å². The van der Waals surface area contributed by atoms with Crippen LogP contribution in [-0.4, -0.2) is 23.2 Å². The molecule has 3 aromatic rings. The minimum atomic E-state index is -0.686. The topological polar surface area (TPSA) is 72.4 Å². The Kier molecular flexibility index (Phi) is 5.34. The number of halogens is 1. The summed E-state index contributed by atoms with van der Waals surface area (Å²) in [5.41, 5.74) is 7.50. The van der Waals surface area contributed by atoms with Gasteiger partial charge < -0.3 is 9.30 Å². The number of carbonyl (C=O) groups excluding carboxylic acids is 2. The summed E-state index contributed by atoms with van der Waals surface area (Å²) in [6.07, 6.45) is 4.96. The van der Waals surface area contributed by atoms with E-state index in [2.05, 4.69) is 10.9 Å². The SMILES string of the molecule is Cc1csc(C(=O)NNC(=O)OCC2(c3ccc(Cl)cc3)CC2)c1-n1cccc1. The Morgan fingerprint density at radius 1 is 1.17 bits per heavy atom. The fourth-order valence-electron chi connectivity index (χ4n) is 3.28. The van der Waals surface area contributed by atoms with Crippen molar-refractivity contribution in [2.75, 3.05) is 6.61 Å². The van der Waals surface area contributed by atoms with E-state index in [0.29, 0.717) is 9.90 Å². The van der Waals surface area contributed by atoms with Crippen LogP contribution >= 0.6 is 22.9 Å². The molecule has 0 atom stereocenters. The van der Waals surface area contributed by atoms with E-state index in [0.717, 1.165) is 29.7 Å². The Balaban J connectivity index is 1.33. The van der Waals surface area contributed by atoms with Crippen LogP contribution in [0.4, 0.5) is 4.79 Å². The maximum absolute atomic E-state index is 12.5. The van der Waals surface area contributed by atoms with Crippen LogP contribution in [0.25, 0.3) is 5.69 Å². The van der Waals surface area contributed by atoms with Crippen molar-refractivity contribution in [1.29, 1.82) is 0 Å². The van der Waals surface area contributed by atoms with E-state index in [1.54, 1.807) is 0 Å². The second-order valence-corrected chi connectivity index (χ2v) is 8.45. The number of thiophene rings is 1. The highest BCUT2D eigenvalue weighted by Gasteiger charge is 2.45.